The van der Waals surface area contributed by atoms with Gasteiger partial charge in [0, 0.05) is 17.7 Å². The van der Waals surface area contributed by atoms with Crippen LogP contribution in [0.3, 0.4) is 0 Å². The van der Waals surface area contributed by atoms with Crippen LogP contribution in [-0.4, -0.2) is 20.8 Å². The highest BCUT2D eigenvalue weighted by Gasteiger charge is 2.38. The molecule has 2 aromatic heterocycles. The van der Waals surface area contributed by atoms with E-state index in [0.29, 0.717) is 11.8 Å². The first-order valence-corrected chi connectivity index (χ1v) is 5.12. The second-order valence-corrected chi connectivity index (χ2v) is 4.06. The van der Waals surface area contributed by atoms with Crippen LogP contribution < -0.4 is 0 Å². The normalized spacial score (nSPS) is 24.3. The van der Waals surface area contributed by atoms with Crippen LogP contribution in [-0.2, 0) is 0 Å². The molecule has 76 valence electrons. The average Bonchev–Trinajstić information content (AvgIpc) is 2.91. The van der Waals surface area contributed by atoms with Gasteiger partial charge in [-0.05, 0) is 31.5 Å². The van der Waals surface area contributed by atoms with Crippen LogP contribution in [0.1, 0.15) is 23.7 Å². The number of aryl methyl sites for hydroxylation is 1. The van der Waals surface area contributed by atoms with Crippen LogP contribution >= 0.6 is 0 Å². The van der Waals surface area contributed by atoms with E-state index in [4.69, 9.17) is 5.41 Å². The van der Waals surface area contributed by atoms with E-state index in [1.807, 2.05) is 23.7 Å². The number of hydrogen-bond donors (Lipinski definition) is 1. The summed E-state index contributed by atoms with van der Waals surface area (Å²) in [4.78, 5) is 4.42. The summed E-state index contributed by atoms with van der Waals surface area (Å²) in [5, 5.41) is 11.5. The van der Waals surface area contributed by atoms with Crippen molar-refractivity contribution in [2.75, 3.05) is 0 Å². The minimum absolute atomic E-state index is 0.410. The van der Waals surface area contributed by atoms with Crippen molar-refractivity contribution in [3.63, 3.8) is 0 Å². The van der Waals surface area contributed by atoms with Crippen molar-refractivity contribution in [3.8, 4) is 0 Å². The van der Waals surface area contributed by atoms with Gasteiger partial charge in [-0.3, -0.25) is 0 Å². The van der Waals surface area contributed by atoms with E-state index < -0.39 is 0 Å². The summed E-state index contributed by atoms with van der Waals surface area (Å²) in [6.45, 7) is 1.90. The minimum Gasteiger partial charge on any atom is -0.313 e. The zero-order valence-electron chi connectivity index (χ0n) is 8.51. The highest BCUT2D eigenvalue weighted by atomic mass is 15.3. The summed E-state index contributed by atoms with van der Waals surface area (Å²) >= 11 is 0. The van der Waals surface area contributed by atoms with Gasteiger partial charge in [0.25, 0.3) is 0 Å². The third-order valence-corrected chi connectivity index (χ3v) is 2.95. The van der Waals surface area contributed by atoms with Crippen molar-refractivity contribution in [2.24, 2.45) is 5.92 Å². The van der Waals surface area contributed by atoms with Crippen LogP contribution in [0.2, 0.25) is 0 Å². The molecule has 2 heterocycles. The van der Waals surface area contributed by atoms with Crippen LogP contribution in [0.25, 0.3) is 5.65 Å². The van der Waals surface area contributed by atoms with Crippen molar-refractivity contribution in [2.45, 2.75) is 19.3 Å². The summed E-state index contributed by atoms with van der Waals surface area (Å²) in [6.07, 6.45) is 4.53. The monoisotopic (exact) mass is 200 g/mol. The van der Waals surface area contributed by atoms with Crippen LogP contribution in [0, 0.1) is 18.3 Å². The molecule has 2 unspecified atom stereocenters. The average molecular weight is 200 g/mol. The number of fused-ring (bicyclic) bond motifs is 1. The molecule has 0 amide bonds. The second-order valence-electron chi connectivity index (χ2n) is 4.06. The quantitative estimate of drug-likeness (QED) is 0.751. The molecular weight excluding hydrogens is 188 g/mol. The predicted molar refractivity (Wildman–Crippen MR) is 57.4 cm³/mol. The van der Waals surface area contributed by atoms with Crippen molar-refractivity contribution in [1.82, 2.24) is 14.6 Å². The number of nitrogens with zero attached hydrogens (tertiary/aromatic N) is 3. The van der Waals surface area contributed by atoms with E-state index in [1.54, 1.807) is 0 Å². The Morgan fingerprint density at radius 1 is 1.60 bits per heavy atom. The van der Waals surface area contributed by atoms with Gasteiger partial charge in [0.05, 0.1) is 0 Å². The Bertz CT molecular complexity index is 528. The van der Waals surface area contributed by atoms with Crippen LogP contribution in [0.15, 0.2) is 18.3 Å². The molecule has 0 aliphatic heterocycles. The summed E-state index contributed by atoms with van der Waals surface area (Å²) in [5.41, 5.74) is 2.18. The first-order chi connectivity index (χ1) is 7.29. The molecule has 2 aromatic rings. The molecule has 4 nitrogen and oxygen atoms in total. The zero-order chi connectivity index (χ0) is 10.4. The van der Waals surface area contributed by atoms with Gasteiger partial charge in [0.15, 0.2) is 5.65 Å². The lowest BCUT2D eigenvalue weighted by Crippen LogP contribution is -1.92. The predicted octanol–water partition coefficient (Wildman–Crippen LogP) is 1.79. The maximum Gasteiger partial charge on any atom is 0.159 e. The molecule has 4 heteroatoms. The fraction of sp³-hybridized carbons (Fsp3) is 0.364. The van der Waals surface area contributed by atoms with Gasteiger partial charge in [-0.2, -0.15) is 5.10 Å². The molecule has 0 aromatic carbocycles. The lowest BCUT2D eigenvalue weighted by atomic mass is 10.1. The molecule has 0 spiro atoms. The first-order valence-electron chi connectivity index (χ1n) is 5.12. The van der Waals surface area contributed by atoms with Crippen LogP contribution in [0.4, 0.5) is 0 Å². The molecule has 1 fully saturated rings. The Kier molecular flexibility index (Phi) is 1.65. The molecule has 0 bridgehead atoms. The van der Waals surface area contributed by atoms with E-state index in [-0.39, 0.29) is 0 Å². The van der Waals surface area contributed by atoms with Crippen molar-refractivity contribution in [1.29, 1.82) is 5.41 Å². The molecule has 0 radical (unpaired) electrons. The maximum absolute atomic E-state index is 7.25. The first kappa shape index (κ1) is 8.59. The summed E-state index contributed by atoms with van der Waals surface area (Å²) in [5.74, 6) is 1.69. The van der Waals surface area contributed by atoms with Gasteiger partial charge < -0.3 is 5.41 Å². The smallest absolute Gasteiger partial charge is 0.159 e. The van der Waals surface area contributed by atoms with Crippen molar-refractivity contribution < 1.29 is 0 Å². The maximum atomic E-state index is 7.25. The lowest BCUT2D eigenvalue weighted by molar-refractivity contribution is 0.918. The highest BCUT2D eigenvalue weighted by molar-refractivity contribution is 5.66. The molecule has 1 saturated carbocycles. The zero-order valence-corrected chi connectivity index (χ0v) is 8.51. The molecule has 3 rings (SSSR count). The fourth-order valence-electron chi connectivity index (χ4n) is 2.08. The van der Waals surface area contributed by atoms with E-state index in [2.05, 4.69) is 16.1 Å². The SMILES string of the molecule is Cc1nc2c(C3CC3C=N)cccn2n1. The number of nitrogens with one attached hydrogen (secondary N) is 1. The van der Waals surface area contributed by atoms with E-state index in [0.717, 1.165) is 17.9 Å². The van der Waals surface area contributed by atoms with E-state index in [1.165, 1.54) is 11.8 Å². The standard InChI is InChI=1S/C11H12N4/c1-7-13-11-9(10-5-8(10)6-12)3-2-4-15(11)14-7/h2-4,6,8,10,12H,5H2,1H3. The van der Waals surface area contributed by atoms with Gasteiger partial charge in [-0.15, -0.1) is 0 Å². The number of hydrogen-bond acceptors (Lipinski definition) is 3. The summed E-state index contributed by atoms with van der Waals surface area (Å²) in [6, 6.07) is 4.09. The molecule has 0 saturated heterocycles. The Hall–Kier alpha value is -1.71. The Morgan fingerprint density at radius 2 is 2.47 bits per heavy atom. The molecule has 15 heavy (non-hydrogen) atoms. The molecular formula is C11H12N4. The number of aromatic nitrogens is 3. The minimum atomic E-state index is 0.410. The largest absolute Gasteiger partial charge is 0.313 e. The highest BCUT2D eigenvalue weighted by Crippen LogP contribution is 2.46. The second kappa shape index (κ2) is 2.89. The summed E-state index contributed by atoms with van der Waals surface area (Å²) in [7, 11) is 0. The molecule has 1 aliphatic carbocycles. The molecule has 2 atom stereocenters. The van der Waals surface area contributed by atoms with E-state index in [9.17, 15) is 0 Å². The lowest BCUT2D eigenvalue weighted by Gasteiger charge is -1.99. The molecule has 1 aliphatic rings. The number of rotatable bonds is 2. The van der Waals surface area contributed by atoms with Crippen molar-refractivity contribution in [3.05, 3.63) is 29.7 Å². The third kappa shape index (κ3) is 1.25. The fourth-order valence-corrected chi connectivity index (χ4v) is 2.08. The van der Waals surface area contributed by atoms with Gasteiger partial charge in [-0.25, -0.2) is 9.50 Å². The van der Waals surface area contributed by atoms with E-state index >= 15 is 0 Å². The Balaban J connectivity index is 2.14. The van der Waals surface area contributed by atoms with Gasteiger partial charge in [0.1, 0.15) is 5.82 Å². The van der Waals surface area contributed by atoms with Gasteiger partial charge in [0.2, 0.25) is 0 Å². The third-order valence-electron chi connectivity index (χ3n) is 2.95. The topological polar surface area (TPSA) is 54.0 Å². The van der Waals surface area contributed by atoms with Gasteiger partial charge >= 0.3 is 0 Å². The van der Waals surface area contributed by atoms with Gasteiger partial charge in [-0.1, -0.05) is 6.07 Å². The number of pyridine rings is 1. The molecule has 1 N–H and O–H groups in total. The Labute approximate surface area is 87.5 Å². The Morgan fingerprint density at radius 3 is 3.20 bits per heavy atom. The van der Waals surface area contributed by atoms with Crippen LogP contribution in [0.5, 0.6) is 0 Å². The van der Waals surface area contributed by atoms with Crippen molar-refractivity contribution >= 4 is 11.9 Å². The summed E-state index contributed by atoms with van der Waals surface area (Å²) < 4.78 is 1.82.